The van der Waals surface area contributed by atoms with E-state index in [2.05, 4.69) is 15.5 Å². The van der Waals surface area contributed by atoms with Gasteiger partial charge in [-0.15, -0.1) is 12.4 Å². The van der Waals surface area contributed by atoms with Crippen molar-refractivity contribution in [1.82, 2.24) is 15.5 Å². The van der Waals surface area contributed by atoms with Crippen molar-refractivity contribution in [2.45, 2.75) is 18.8 Å². The second-order valence-electron chi connectivity index (χ2n) is 4.62. The van der Waals surface area contributed by atoms with E-state index < -0.39 is 11.6 Å². The topological polar surface area (TPSA) is 51.0 Å². The zero-order chi connectivity index (χ0) is 13.2. The quantitative estimate of drug-likeness (QED) is 0.926. The highest BCUT2D eigenvalue weighted by Gasteiger charge is 2.22. The van der Waals surface area contributed by atoms with Gasteiger partial charge < -0.3 is 9.84 Å². The van der Waals surface area contributed by atoms with E-state index in [1.165, 1.54) is 12.1 Å². The number of hydrogen-bond donors (Lipinski definition) is 1. The fraction of sp³-hybridized carbons (Fsp3) is 0.385. The monoisotopic (exact) mass is 301 g/mol. The summed E-state index contributed by atoms with van der Waals surface area (Å²) in [6, 6.07) is 3.31. The van der Waals surface area contributed by atoms with Crippen molar-refractivity contribution < 1.29 is 13.3 Å². The van der Waals surface area contributed by atoms with E-state index in [1.54, 1.807) is 0 Å². The summed E-state index contributed by atoms with van der Waals surface area (Å²) in [6.45, 7) is 1.78. The summed E-state index contributed by atoms with van der Waals surface area (Å²) in [7, 11) is 0. The normalized spacial score (nSPS) is 18.6. The Kier molecular flexibility index (Phi) is 4.67. The molecule has 2 heterocycles. The summed E-state index contributed by atoms with van der Waals surface area (Å²) >= 11 is 0. The van der Waals surface area contributed by atoms with Crippen LogP contribution in [-0.2, 0) is 0 Å². The smallest absolute Gasteiger partial charge is 0.231 e. The number of nitrogens with one attached hydrogen (secondary N) is 1. The molecule has 1 unspecified atom stereocenters. The number of benzene rings is 1. The molecule has 0 bridgehead atoms. The predicted octanol–water partition coefficient (Wildman–Crippen LogP) is 2.90. The first-order chi connectivity index (χ1) is 9.24. The summed E-state index contributed by atoms with van der Waals surface area (Å²) in [5.74, 6) is -0.474. The van der Waals surface area contributed by atoms with Crippen LogP contribution in [0.2, 0.25) is 0 Å². The van der Waals surface area contributed by atoms with E-state index in [9.17, 15) is 8.78 Å². The molecule has 2 aromatic rings. The molecule has 4 nitrogen and oxygen atoms in total. The van der Waals surface area contributed by atoms with Gasteiger partial charge in [0.05, 0.1) is 11.5 Å². The lowest BCUT2D eigenvalue weighted by Crippen LogP contribution is -2.28. The lowest BCUT2D eigenvalue weighted by Gasteiger charge is -2.18. The number of rotatable bonds is 2. The van der Waals surface area contributed by atoms with E-state index in [1.807, 2.05) is 0 Å². The second kappa shape index (κ2) is 6.28. The molecule has 1 aliphatic heterocycles. The summed E-state index contributed by atoms with van der Waals surface area (Å²) in [6.07, 6.45) is 2.02. The Bertz CT molecular complexity index is 585. The third-order valence-corrected chi connectivity index (χ3v) is 3.26. The lowest BCUT2D eigenvalue weighted by molar-refractivity contribution is 0.322. The van der Waals surface area contributed by atoms with Crippen LogP contribution in [0.4, 0.5) is 8.78 Å². The van der Waals surface area contributed by atoms with Crippen LogP contribution >= 0.6 is 12.4 Å². The van der Waals surface area contributed by atoms with Crippen LogP contribution < -0.4 is 5.32 Å². The molecule has 20 heavy (non-hydrogen) atoms. The molecule has 1 aromatic heterocycles. The fourth-order valence-electron chi connectivity index (χ4n) is 2.24. The van der Waals surface area contributed by atoms with E-state index >= 15 is 0 Å². The van der Waals surface area contributed by atoms with Crippen LogP contribution in [0.3, 0.4) is 0 Å². The van der Waals surface area contributed by atoms with Crippen molar-refractivity contribution in [3.05, 3.63) is 35.7 Å². The van der Waals surface area contributed by atoms with Crippen molar-refractivity contribution in [1.29, 1.82) is 0 Å². The standard InChI is InChI=1S/C13H13F2N3O.ClH/c14-9-3-4-10(11(15)6-9)12-17-13(19-18-12)8-2-1-5-16-7-8;/h3-4,6,8,16H,1-2,5,7H2;1H. The maximum absolute atomic E-state index is 13.6. The average molecular weight is 302 g/mol. The van der Waals surface area contributed by atoms with Crippen LogP contribution in [0, 0.1) is 11.6 Å². The number of hydrogen-bond acceptors (Lipinski definition) is 4. The molecule has 1 aromatic carbocycles. The fourth-order valence-corrected chi connectivity index (χ4v) is 2.24. The SMILES string of the molecule is Cl.Fc1ccc(-c2noc(C3CCCNC3)n2)c(F)c1. The zero-order valence-corrected chi connectivity index (χ0v) is 11.4. The van der Waals surface area contributed by atoms with Gasteiger partial charge in [-0.2, -0.15) is 4.98 Å². The highest BCUT2D eigenvalue weighted by molar-refractivity contribution is 5.85. The van der Waals surface area contributed by atoms with Crippen molar-refractivity contribution in [2.24, 2.45) is 0 Å². The first-order valence-electron chi connectivity index (χ1n) is 6.24. The Balaban J connectivity index is 0.00000147. The van der Waals surface area contributed by atoms with Gasteiger partial charge in [-0.05, 0) is 31.5 Å². The van der Waals surface area contributed by atoms with Crippen LogP contribution in [0.5, 0.6) is 0 Å². The molecule has 0 spiro atoms. The van der Waals surface area contributed by atoms with Gasteiger partial charge in [0, 0.05) is 12.6 Å². The molecule has 1 N–H and O–H groups in total. The molecular weight excluding hydrogens is 288 g/mol. The maximum Gasteiger partial charge on any atom is 0.231 e. The summed E-state index contributed by atoms with van der Waals surface area (Å²) < 4.78 is 31.6. The van der Waals surface area contributed by atoms with Gasteiger partial charge >= 0.3 is 0 Å². The Labute approximate surface area is 121 Å². The lowest BCUT2D eigenvalue weighted by atomic mass is 10.00. The Morgan fingerprint density at radius 2 is 2.15 bits per heavy atom. The first-order valence-corrected chi connectivity index (χ1v) is 6.24. The van der Waals surface area contributed by atoms with Crippen LogP contribution in [0.15, 0.2) is 22.7 Å². The second-order valence-corrected chi connectivity index (χ2v) is 4.62. The molecule has 1 fully saturated rings. The van der Waals surface area contributed by atoms with Gasteiger partial charge in [0.1, 0.15) is 11.6 Å². The van der Waals surface area contributed by atoms with Crippen molar-refractivity contribution in [3.63, 3.8) is 0 Å². The first kappa shape index (κ1) is 14.9. The van der Waals surface area contributed by atoms with Gasteiger partial charge in [-0.1, -0.05) is 5.16 Å². The summed E-state index contributed by atoms with van der Waals surface area (Å²) in [5.41, 5.74) is 0.153. The van der Waals surface area contributed by atoms with E-state index in [4.69, 9.17) is 4.52 Å². The number of aromatic nitrogens is 2. The number of halogens is 3. The Hall–Kier alpha value is -1.53. The van der Waals surface area contributed by atoms with Gasteiger partial charge in [0.25, 0.3) is 0 Å². The molecule has 0 amide bonds. The number of piperidine rings is 1. The van der Waals surface area contributed by atoms with Crippen molar-refractivity contribution in [3.8, 4) is 11.4 Å². The molecule has 1 aliphatic rings. The average Bonchev–Trinajstić information content (AvgIpc) is 2.89. The van der Waals surface area contributed by atoms with E-state index in [-0.39, 0.29) is 29.7 Å². The molecule has 108 valence electrons. The molecule has 0 radical (unpaired) electrons. The largest absolute Gasteiger partial charge is 0.339 e. The molecule has 0 aliphatic carbocycles. The predicted molar refractivity (Wildman–Crippen MR) is 71.7 cm³/mol. The Morgan fingerprint density at radius 3 is 2.85 bits per heavy atom. The van der Waals surface area contributed by atoms with Crippen LogP contribution in [0.25, 0.3) is 11.4 Å². The summed E-state index contributed by atoms with van der Waals surface area (Å²) in [4.78, 5) is 4.21. The minimum atomic E-state index is -0.686. The van der Waals surface area contributed by atoms with Crippen LogP contribution in [-0.4, -0.2) is 23.2 Å². The molecule has 3 rings (SSSR count). The van der Waals surface area contributed by atoms with Gasteiger partial charge in [0.2, 0.25) is 11.7 Å². The third-order valence-electron chi connectivity index (χ3n) is 3.26. The molecule has 1 atom stereocenters. The molecular formula is C13H14ClF2N3O. The van der Waals surface area contributed by atoms with Gasteiger partial charge in [0.15, 0.2) is 0 Å². The zero-order valence-electron chi connectivity index (χ0n) is 10.6. The maximum atomic E-state index is 13.6. The Morgan fingerprint density at radius 1 is 1.30 bits per heavy atom. The molecule has 1 saturated heterocycles. The summed E-state index contributed by atoms with van der Waals surface area (Å²) in [5, 5.41) is 7.03. The highest BCUT2D eigenvalue weighted by atomic mass is 35.5. The van der Waals surface area contributed by atoms with Crippen molar-refractivity contribution in [2.75, 3.05) is 13.1 Å². The number of nitrogens with zero attached hydrogens (tertiary/aromatic N) is 2. The van der Waals surface area contributed by atoms with Crippen molar-refractivity contribution >= 4 is 12.4 Å². The van der Waals surface area contributed by atoms with Gasteiger partial charge in [-0.3, -0.25) is 0 Å². The highest BCUT2D eigenvalue weighted by Crippen LogP contribution is 2.25. The van der Waals surface area contributed by atoms with Gasteiger partial charge in [-0.25, -0.2) is 8.78 Å². The molecule has 0 saturated carbocycles. The van der Waals surface area contributed by atoms with E-state index in [0.717, 1.165) is 32.0 Å². The van der Waals surface area contributed by atoms with E-state index in [0.29, 0.717) is 5.89 Å². The molecule has 7 heteroatoms. The minimum absolute atomic E-state index is 0. The minimum Gasteiger partial charge on any atom is -0.339 e. The van der Waals surface area contributed by atoms with Crippen LogP contribution in [0.1, 0.15) is 24.7 Å². The third kappa shape index (κ3) is 2.96.